The Morgan fingerprint density at radius 2 is 1.47 bits per heavy atom. The van der Waals surface area contributed by atoms with Crippen LogP contribution in [0.5, 0.6) is 0 Å². The number of fused-ring (bicyclic) bond motifs is 1. The highest BCUT2D eigenvalue weighted by Gasteiger charge is 2.36. The van der Waals surface area contributed by atoms with Crippen LogP contribution in [0.15, 0.2) is 77.7 Å². The summed E-state index contributed by atoms with van der Waals surface area (Å²) in [5.41, 5.74) is 1.75. The molecule has 0 N–H and O–H groups in total. The van der Waals surface area contributed by atoms with E-state index in [-0.39, 0.29) is 30.4 Å². The number of hydrogen-bond acceptors (Lipinski definition) is 3. The molecule has 1 aliphatic rings. The van der Waals surface area contributed by atoms with Crippen LogP contribution in [0.25, 0.3) is 0 Å². The average molecular weight is 445 g/mol. The summed E-state index contributed by atoms with van der Waals surface area (Å²) in [4.78, 5) is 14.7. The van der Waals surface area contributed by atoms with Crippen LogP contribution in [-0.2, 0) is 27.9 Å². The zero-order valence-corrected chi connectivity index (χ0v) is 17.4. The molecule has 3 aromatic carbocycles. The minimum Gasteiger partial charge on any atom is -0.305 e. The number of para-hydroxylation sites is 1. The second-order valence-electron chi connectivity index (χ2n) is 6.97. The Morgan fingerprint density at radius 3 is 2.17 bits per heavy atom. The molecule has 0 unspecified atom stereocenters. The number of sulfonamides is 1. The molecule has 0 spiro atoms. The van der Waals surface area contributed by atoms with Gasteiger partial charge in [-0.25, -0.2) is 12.8 Å². The first-order valence-electron chi connectivity index (χ1n) is 9.23. The molecule has 0 radical (unpaired) electrons. The fraction of sp³-hybridized carbons (Fsp3) is 0.136. The van der Waals surface area contributed by atoms with E-state index in [1.165, 1.54) is 35.2 Å². The Hall–Kier alpha value is -2.74. The quantitative estimate of drug-likeness (QED) is 0.605. The van der Waals surface area contributed by atoms with Crippen molar-refractivity contribution in [2.75, 3.05) is 11.4 Å². The highest BCUT2D eigenvalue weighted by molar-refractivity contribution is 7.89. The Bertz CT molecular complexity index is 1180. The second kappa shape index (κ2) is 8.18. The molecule has 1 heterocycles. The maximum atomic E-state index is 13.3. The van der Waals surface area contributed by atoms with Crippen LogP contribution >= 0.6 is 11.6 Å². The predicted molar refractivity (Wildman–Crippen MR) is 113 cm³/mol. The third-order valence-electron chi connectivity index (χ3n) is 4.91. The summed E-state index contributed by atoms with van der Waals surface area (Å²) in [7, 11) is -3.94. The number of anilines is 1. The van der Waals surface area contributed by atoms with Gasteiger partial charge in [0, 0.05) is 11.6 Å². The lowest BCUT2D eigenvalue weighted by molar-refractivity contribution is -0.119. The van der Waals surface area contributed by atoms with Gasteiger partial charge in [-0.05, 0) is 47.5 Å². The number of carbonyl (C=O) groups excluding carboxylic acids is 1. The molecular formula is C22H18ClFN2O3S. The SMILES string of the molecule is O=C1CN(Cc2ccc(F)cc2)S(=O)(=O)c2ccccc2N1Cc1ccc(Cl)cc1. The van der Waals surface area contributed by atoms with E-state index in [1.54, 1.807) is 42.5 Å². The van der Waals surface area contributed by atoms with Gasteiger partial charge in [0.15, 0.2) is 0 Å². The van der Waals surface area contributed by atoms with Crippen LogP contribution in [0.3, 0.4) is 0 Å². The Morgan fingerprint density at radius 1 is 0.867 bits per heavy atom. The minimum absolute atomic E-state index is 0.0303. The van der Waals surface area contributed by atoms with Gasteiger partial charge in [0.1, 0.15) is 10.7 Å². The predicted octanol–water partition coefficient (Wildman–Crippen LogP) is 4.22. The average Bonchev–Trinajstić information content (AvgIpc) is 2.80. The lowest BCUT2D eigenvalue weighted by Crippen LogP contribution is -2.38. The molecule has 0 aliphatic carbocycles. The number of benzene rings is 3. The number of nitrogens with zero attached hydrogens (tertiary/aromatic N) is 2. The fourth-order valence-corrected chi connectivity index (χ4v) is 5.07. The molecule has 0 aromatic heterocycles. The van der Waals surface area contributed by atoms with E-state index in [0.29, 0.717) is 16.3 Å². The molecule has 0 saturated heterocycles. The third kappa shape index (κ3) is 4.09. The van der Waals surface area contributed by atoms with Crippen LogP contribution in [0.2, 0.25) is 5.02 Å². The van der Waals surface area contributed by atoms with Crippen molar-refractivity contribution in [3.63, 3.8) is 0 Å². The van der Waals surface area contributed by atoms with Crippen molar-refractivity contribution in [2.24, 2.45) is 0 Å². The first kappa shape index (κ1) is 20.5. The van der Waals surface area contributed by atoms with E-state index < -0.39 is 15.8 Å². The standard InChI is InChI=1S/C22H18ClFN2O3S/c23-18-9-5-17(6-10-18)14-26-20-3-1-2-4-21(20)30(28,29)25(15-22(26)27)13-16-7-11-19(24)12-8-16/h1-12H,13-15H2. The van der Waals surface area contributed by atoms with E-state index in [1.807, 2.05) is 0 Å². The van der Waals surface area contributed by atoms with E-state index in [9.17, 15) is 17.6 Å². The summed E-state index contributed by atoms with van der Waals surface area (Å²) in [5, 5.41) is 0.578. The van der Waals surface area contributed by atoms with Gasteiger partial charge >= 0.3 is 0 Å². The fourth-order valence-electron chi connectivity index (χ4n) is 3.37. The second-order valence-corrected chi connectivity index (χ2v) is 9.32. The van der Waals surface area contributed by atoms with Crippen LogP contribution in [0, 0.1) is 5.82 Å². The molecule has 1 amide bonds. The van der Waals surface area contributed by atoms with Crippen molar-refractivity contribution < 1.29 is 17.6 Å². The summed E-state index contributed by atoms with van der Waals surface area (Å²) in [6, 6.07) is 19.1. The Balaban J connectivity index is 1.73. The van der Waals surface area contributed by atoms with Crippen LogP contribution in [0.1, 0.15) is 11.1 Å². The summed E-state index contributed by atoms with van der Waals surface area (Å²) in [6.07, 6.45) is 0. The molecule has 8 heteroatoms. The molecule has 0 bridgehead atoms. The number of halogens is 2. The molecule has 0 saturated carbocycles. The van der Waals surface area contributed by atoms with Crippen LogP contribution in [-0.4, -0.2) is 25.2 Å². The monoisotopic (exact) mass is 444 g/mol. The maximum absolute atomic E-state index is 13.3. The topological polar surface area (TPSA) is 57.7 Å². The number of carbonyl (C=O) groups is 1. The first-order valence-corrected chi connectivity index (χ1v) is 11.0. The minimum atomic E-state index is -3.94. The van der Waals surface area contributed by atoms with Gasteiger partial charge in [-0.3, -0.25) is 4.79 Å². The van der Waals surface area contributed by atoms with Crippen LogP contribution in [0.4, 0.5) is 10.1 Å². The number of rotatable bonds is 4. The highest BCUT2D eigenvalue weighted by atomic mass is 35.5. The van der Waals surface area contributed by atoms with Crippen molar-refractivity contribution >= 4 is 33.2 Å². The molecule has 154 valence electrons. The van der Waals surface area contributed by atoms with E-state index in [0.717, 1.165) is 9.87 Å². The summed E-state index contributed by atoms with van der Waals surface area (Å²) < 4.78 is 41.0. The van der Waals surface area contributed by atoms with Crippen molar-refractivity contribution in [2.45, 2.75) is 18.0 Å². The number of hydrogen-bond donors (Lipinski definition) is 0. The lowest BCUT2D eigenvalue weighted by atomic mass is 10.2. The van der Waals surface area contributed by atoms with E-state index >= 15 is 0 Å². The largest absolute Gasteiger partial charge is 0.305 e. The zero-order valence-electron chi connectivity index (χ0n) is 15.8. The van der Waals surface area contributed by atoms with Crippen LogP contribution < -0.4 is 4.90 Å². The van der Waals surface area contributed by atoms with Crippen molar-refractivity contribution in [3.05, 3.63) is 94.8 Å². The summed E-state index contributed by atoms with van der Waals surface area (Å²) in [5.74, 6) is -0.756. The molecule has 0 atom stereocenters. The third-order valence-corrected chi connectivity index (χ3v) is 7.00. The highest BCUT2D eigenvalue weighted by Crippen LogP contribution is 2.33. The van der Waals surface area contributed by atoms with Gasteiger partial charge in [0.25, 0.3) is 0 Å². The normalized spacial score (nSPS) is 16.2. The Kier molecular flexibility index (Phi) is 5.60. The molecule has 30 heavy (non-hydrogen) atoms. The molecule has 1 aliphatic heterocycles. The van der Waals surface area contributed by atoms with Gasteiger partial charge in [0.05, 0.1) is 18.8 Å². The van der Waals surface area contributed by atoms with Crippen molar-refractivity contribution in [1.29, 1.82) is 0 Å². The van der Waals surface area contributed by atoms with Gasteiger partial charge in [-0.2, -0.15) is 4.31 Å². The molecule has 5 nitrogen and oxygen atoms in total. The Labute approximate surface area is 179 Å². The van der Waals surface area contributed by atoms with E-state index in [4.69, 9.17) is 11.6 Å². The lowest BCUT2D eigenvalue weighted by Gasteiger charge is -2.22. The smallest absolute Gasteiger partial charge is 0.245 e. The van der Waals surface area contributed by atoms with E-state index in [2.05, 4.69) is 0 Å². The summed E-state index contributed by atoms with van der Waals surface area (Å²) in [6.45, 7) is -0.133. The number of amides is 1. The first-order chi connectivity index (χ1) is 14.3. The molecule has 0 fully saturated rings. The molecule has 3 aromatic rings. The van der Waals surface area contributed by atoms with Crippen molar-refractivity contribution in [1.82, 2.24) is 4.31 Å². The van der Waals surface area contributed by atoms with Gasteiger partial charge in [-0.15, -0.1) is 0 Å². The molecule has 4 rings (SSSR count). The van der Waals surface area contributed by atoms with Gasteiger partial charge < -0.3 is 4.90 Å². The van der Waals surface area contributed by atoms with Gasteiger partial charge in [-0.1, -0.05) is 48.0 Å². The zero-order chi connectivity index (χ0) is 21.3. The maximum Gasteiger partial charge on any atom is 0.245 e. The summed E-state index contributed by atoms with van der Waals surface area (Å²) >= 11 is 5.94. The van der Waals surface area contributed by atoms with Gasteiger partial charge in [0.2, 0.25) is 15.9 Å². The van der Waals surface area contributed by atoms with Crippen molar-refractivity contribution in [3.8, 4) is 0 Å². The molecular weight excluding hydrogens is 427 g/mol.